The van der Waals surface area contributed by atoms with Crippen LogP contribution in [0.4, 0.5) is 0 Å². The van der Waals surface area contributed by atoms with Crippen LogP contribution in [0, 0.1) is 6.92 Å². The standard InChI is InChI=1S/C11H13N5O/c1-8-4-9(6-12-5-8)11(17)13-3-2-10-14-7-15-16-10/h4-7H,2-3H2,1H3,(H,13,17)(H,14,15,16). The molecule has 2 aromatic heterocycles. The number of pyridine rings is 1. The Kier molecular flexibility index (Phi) is 3.44. The first-order valence-corrected chi connectivity index (χ1v) is 5.30. The van der Waals surface area contributed by atoms with Crippen LogP contribution in [0.3, 0.4) is 0 Å². The summed E-state index contributed by atoms with van der Waals surface area (Å²) in [6.07, 6.45) is 5.34. The lowest BCUT2D eigenvalue weighted by Crippen LogP contribution is -2.26. The molecule has 0 aliphatic heterocycles. The molecule has 0 saturated carbocycles. The highest BCUT2D eigenvalue weighted by Gasteiger charge is 2.05. The Balaban J connectivity index is 1.85. The zero-order valence-electron chi connectivity index (χ0n) is 9.47. The van der Waals surface area contributed by atoms with Gasteiger partial charge in [0, 0.05) is 25.4 Å². The highest BCUT2D eigenvalue weighted by molar-refractivity contribution is 5.93. The fraction of sp³-hybridized carbons (Fsp3) is 0.273. The van der Waals surface area contributed by atoms with Crippen LogP contribution < -0.4 is 5.32 Å². The van der Waals surface area contributed by atoms with Gasteiger partial charge in [0.1, 0.15) is 12.2 Å². The number of H-pyrrole nitrogens is 1. The SMILES string of the molecule is Cc1cncc(C(=O)NCCc2ncn[nH]2)c1. The summed E-state index contributed by atoms with van der Waals surface area (Å²) in [7, 11) is 0. The molecule has 2 aromatic rings. The summed E-state index contributed by atoms with van der Waals surface area (Å²) in [5.41, 5.74) is 1.54. The average molecular weight is 231 g/mol. The van der Waals surface area contributed by atoms with Crippen molar-refractivity contribution in [3.63, 3.8) is 0 Å². The Hall–Kier alpha value is -2.24. The van der Waals surface area contributed by atoms with Crippen LogP contribution in [-0.4, -0.2) is 32.6 Å². The molecule has 1 amide bonds. The first-order valence-electron chi connectivity index (χ1n) is 5.30. The summed E-state index contributed by atoms with van der Waals surface area (Å²) < 4.78 is 0. The minimum atomic E-state index is -0.124. The molecule has 0 aliphatic rings. The zero-order chi connectivity index (χ0) is 12.1. The third-order valence-electron chi connectivity index (χ3n) is 2.25. The molecule has 0 bridgehead atoms. The van der Waals surface area contributed by atoms with Gasteiger partial charge in [0.25, 0.3) is 5.91 Å². The maximum Gasteiger partial charge on any atom is 0.252 e. The van der Waals surface area contributed by atoms with Crippen molar-refractivity contribution < 1.29 is 4.79 Å². The van der Waals surface area contributed by atoms with Gasteiger partial charge in [-0.05, 0) is 18.6 Å². The van der Waals surface area contributed by atoms with Crippen LogP contribution in [0.1, 0.15) is 21.7 Å². The Morgan fingerprint density at radius 2 is 2.35 bits per heavy atom. The van der Waals surface area contributed by atoms with Crippen LogP contribution in [0.5, 0.6) is 0 Å². The molecule has 2 N–H and O–H groups in total. The van der Waals surface area contributed by atoms with Gasteiger partial charge in [-0.1, -0.05) is 0 Å². The Morgan fingerprint density at radius 3 is 3.06 bits per heavy atom. The van der Waals surface area contributed by atoms with Gasteiger partial charge in [0.05, 0.1) is 5.56 Å². The van der Waals surface area contributed by atoms with E-state index < -0.39 is 0 Å². The van der Waals surface area contributed by atoms with E-state index in [9.17, 15) is 4.79 Å². The number of aromatic amines is 1. The molecule has 6 heteroatoms. The van der Waals surface area contributed by atoms with Crippen molar-refractivity contribution in [2.75, 3.05) is 6.54 Å². The monoisotopic (exact) mass is 231 g/mol. The number of rotatable bonds is 4. The summed E-state index contributed by atoms with van der Waals surface area (Å²) >= 11 is 0. The molecule has 0 unspecified atom stereocenters. The Labute approximate surface area is 98.5 Å². The molecular weight excluding hydrogens is 218 g/mol. The predicted octanol–water partition coefficient (Wildman–Crippen LogP) is 0.481. The first kappa shape index (κ1) is 11.3. The quantitative estimate of drug-likeness (QED) is 0.801. The lowest BCUT2D eigenvalue weighted by Gasteiger charge is -2.03. The highest BCUT2D eigenvalue weighted by atomic mass is 16.1. The number of aryl methyl sites for hydroxylation is 1. The van der Waals surface area contributed by atoms with Gasteiger partial charge in [0.2, 0.25) is 0 Å². The van der Waals surface area contributed by atoms with Crippen molar-refractivity contribution in [1.29, 1.82) is 0 Å². The third-order valence-corrected chi connectivity index (χ3v) is 2.25. The Bertz CT molecular complexity index is 494. The normalized spacial score (nSPS) is 10.2. The van der Waals surface area contributed by atoms with E-state index in [0.29, 0.717) is 18.5 Å². The van der Waals surface area contributed by atoms with E-state index in [1.54, 1.807) is 18.5 Å². The second-order valence-corrected chi connectivity index (χ2v) is 3.69. The van der Waals surface area contributed by atoms with E-state index in [-0.39, 0.29) is 5.91 Å². The molecule has 88 valence electrons. The Morgan fingerprint density at radius 1 is 1.47 bits per heavy atom. The number of nitrogens with zero attached hydrogens (tertiary/aromatic N) is 3. The van der Waals surface area contributed by atoms with Crippen LogP contribution in [0.2, 0.25) is 0 Å². The van der Waals surface area contributed by atoms with Gasteiger partial charge in [-0.3, -0.25) is 14.9 Å². The van der Waals surface area contributed by atoms with E-state index in [0.717, 1.165) is 11.4 Å². The maximum atomic E-state index is 11.7. The molecular formula is C11H13N5O. The first-order chi connectivity index (χ1) is 8.25. The van der Waals surface area contributed by atoms with Crippen molar-refractivity contribution in [3.8, 4) is 0 Å². The van der Waals surface area contributed by atoms with Gasteiger partial charge >= 0.3 is 0 Å². The zero-order valence-corrected chi connectivity index (χ0v) is 9.47. The lowest BCUT2D eigenvalue weighted by atomic mass is 10.2. The van der Waals surface area contributed by atoms with Gasteiger partial charge < -0.3 is 5.32 Å². The molecule has 0 aromatic carbocycles. The molecule has 0 fully saturated rings. The predicted molar refractivity (Wildman–Crippen MR) is 61.4 cm³/mol. The van der Waals surface area contributed by atoms with Crippen LogP contribution >= 0.6 is 0 Å². The topological polar surface area (TPSA) is 83.6 Å². The number of aromatic nitrogens is 4. The van der Waals surface area contributed by atoms with Crippen molar-refractivity contribution >= 4 is 5.91 Å². The second kappa shape index (κ2) is 5.20. The van der Waals surface area contributed by atoms with Crippen molar-refractivity contribution in [1.82, 2.24) is 25.5 Å². The minimum Gasteiger partial charge on any atom is -0.352 e. The molecule has 0 radical (unpaired) electrons. The van der Waals surface area contributed by atoms with Crippen LogP contribution in [0.15, 0.2) is 24.8 Å². The summed E-state index contributed by atoms with van der Waals surface area (Å²) in [6.45, 7) is 2.42. The molecule has 0 spiro atoms. The van der Waals surface area contributed by atoms with E-state index in [2.05, 4.69) is 25.5 Å². The summed E-state index contributed by atoms with van der Waals surface area (Å²) in [6, 6.07) is 1.80. The van der Waals surface area contributed by atoms with Crippen molar-refractivity contribution in [2.24, 2.45) is 0 Å². The fourth-order valence-electron chi connectivity index (χ4n) is 1.43. The fourth-order valence-corrected chi connectivity index (χ4v) is 1.43. The van der Waals surface area contributed by atoms with E-state index in [4.69, 9.17) is 0 Å². The average Bonchev–Trinajstić information content (AvgIpc) is 2.82. The number of hydrogen-bond acceptors (Lipinski definition) is 4. The molecule has 6 nitrogen and oxygen atoms in total. The molecule has 17 heavy (non-hydrogen) atoms. The number of hydrogen-bond donors (Lipinski definition) is 2. The summed E-state index contributed by atoms with van der Waals surface area (Å²) in [5, 5.41) is 9.26. The van der Waals surface area contributed by atoms with Gasteiger partial charge in [0.15, 0.2) is 0 Å². The van der Waals surface area contributed by atoms with Gasteiger partial charge in [-0.15, -0.1) is 0 Å². The van der Waals surface area contributed by atoms with E-state index >= 15 is 0 Å². The second-order valence-electron chi connectivity index (χ2n) is 3.69. The van der Waals surface area contributed by atoms with Crippen LogP contribution in [-0.2, 0) is 6.42 Å². The number of nitrogens with one attached hydrogen (secondary N) is 2. The van der Waals surface area contributed by atoms with Gasteiger partial charge in [-0.2, -0.15) is 5.10 Å². The molecule has 0 atom stereocenters. The lowest BCUT2D eigenvalue weighted by molar-refractivity contribution is 0.0953. The minimum absolute atomic E-state index is 0.124. The van der Waals surface area contributed by atoms with Gasteiger partial charge in [-0.25, -0.2) is 4.98 Å². The number of carbonyl (C=O) groups excluding carboxylic acids is 1. The molecule has 0 saturated heterocycles. The molecule has 2 heterocycles. The third kappa shape index (κ3) is 3.10. The van der Waals surface area contributed by atoms with Crippen molar-refractivity contribution in [2.45, 2.75) is 13.3 Å². The molecule has 0 aliphatic carbocycles. The molecule has 2 rings (SSSR count). The van der Waals surface area contributed by atoms with Crippen LogP contribution in [0.25, 0.3) is 0 Å². The van der Waals surface area contributed by atoms with E-state index in [1.807, 2.05) is 6.92 Å². The largest absolute Gasteiger partial charge is 0.352 e. The maximum absolute atomic E-state index is 11.7. The van der Waals surface area contributed by atoms with E-state index in [1.165, 1.54) is 6.33 Å². The summed E-state index contributed by atoms with van der Waals surface area (Å²) in [5.74, 6) is 0.633. The number of amides is 1. The smallest absolute Gasteiger partial charge is 0.252 e. The summed E-state index contributed by atoms with van der Waals surface area (Å²) in [4.78, 5) is 19.7. The number of carbonyl (C=O) groups is 1. The van der Waals surface area contributed by atoms with Crippen molar-refractivity contribution in [3.05, 3.63) is 41.7 Å². The highest BCUT2D eigenvalue weighted by Crippen LogP contribution is 2.00.